The van der Waals surface area contributed by atoms with Crippen LogP contribution in [-0.2, 0) is 7.05 Å². The fourth-order valence-electron chi connectivity index (χ4n) is 4.31. The lowest BCUT2D eigenvalue weighted by Crippen LogP contribution is -2.33. The van der Waals surface area contributed by atoms with Gasteiger partial charge in [-0.25, -0.2) is 9.98 Å². The van der Waals surface area contributed by atoms with E-state index in [1.165, 1.54) is 0 Å². The molecule has 0 bridgehead atoms. The second kappa shape index (κ2) is 7.26. The fourth-order valence-corrected chi connectivity index (χ4v) is 4.31. The lowest BCUT2D eigenvalue weighted by Gasteiger charge is -2.18. The first-order chi connectivity index (χ1) is 15.6. The van der Waals surface area contributed by atoms with E-state index >= 15 is 0 Å². The Morgan fingerprint density at radius 3 is 2.55 bits per heavy atom. The maximum absolute atomic E-state index is 13.4. The van der Waals surface area contributed by atoms with Gasteiger partial charge in [0.2, 0.25) is 5.96 Å². The maximum atomic E-state index is 13.4. The Morgan fingerprint density at radius 2 is 1.85 bits per heavy atom. The molecule has 1 fully saturated rings. The van der Waals surface area contributed by atoms with Gasteiger partial charge in [0.1, 0.15) is 5.41 Å². The second-order valence-electron chi connectivity index (χ2n) is 8.74. The molecule has 0 radical (unpaired) electrons. The zero-order chi connectivity index (χ0) is 23.5. The molecule has 1 N–H and O–H groups in total. The summed E-state index contributed by atoms with van der Waals surface area (Å²) in [5, 5.41) is 3.85. The van der Waals surface area contributed by atoms with Crippen LogP contribution in [0.2, 0.25) is 0 Å². The van der Waals surface area contributed by atoms with Crippen molar-refractivity contribution in [2.75, 3.05) is 11.9 Å². The quantitative estimate of drug-likeness (QED) is 0.620. The molecular weight excluding hydrogens is 431 g/mol. The summed E-state index contributed by atoms with van der Waals surface area (Å²) in [6.45, 7) is 3.72. The number of hydrogen-bond acceptors (Lipinski definition) is 5. The average Bonchev–Trinajstić information content (AvgIpc) is 3.47. The Balaban J connectivity index is 1.49. The van der Waals surface area contributed by atoms with Crippen LogP contribution in [0.3, 0.4) is 0 Å². The van der Waals surface area contributed by atoms with Crippen molar-refractivity contribution in [2.45, 2.75) is 32.9 Å². The van der Waals surface area contributed by atoms with E-state index in [1.54, 1.807) is 29.9 Å². The number of anilines is 1. The standard InChI is InChI=1S/C24H22F3N5O/c1-13-4-5-16(30-22-29-12-20(31-22)23(6-7-23)24(25,26)27)10-17(13)18-9-15-11-28-14(2)8-19(15)32(3)21(18)33/h4-5,8-11H,6-7,12H2,1-3H3,(H,29,30). The molecule has 9 heteroatoms. The number of halogens is 3. The fraction of sp³-hybridized carbons (Fsp3) is 0.333. The predicted octanol–water partition coefficient (Wildman–Crippen LogP) is 4.78. The van der Waals surface area contributed by atoms with Crippen LogP contribution in [0.15, 0.2) is 51.3 Å². The molecule has 3 aromatic rings. The van der Waals surface area contributed by atoms with E-state index in [1.807, 2.05) is 32.0 Å². The first-order valence-electron chi connectivity index (χ1n) is 10.6. The van der Waals surface area contributed by atoms with E-state index in [0.29, 0.717) is 11.3 Å². The molecule has 0 amide bonds. The first-order valence-corrected chi connectivity index (χ1v) is 10.6. The summed E-state index contributed by atoms with van der Waals surface area (Å²) in [5.41, 5.74) is 2.45. The van der Waals surface area contributed by atoms with Crippen molar-refractivity contribution in [1.29, 1.82) is 0 Å². The summed E-state index contributed by atoms with van der Waals surface area (Å²) in [6.07, 6.45) is -2.45. The van der Waals surface area contributed by atoms with Crippen molar-refractivity contribution in [3.63, 3.8) is 0 Å². The van der Waals surface area contributed by atoms with Gasteiger partial charge >= 0.3 is 6.18 Å². The van der Waals surface area contributed by atoms with Crippen LogP contribution >= 0.6 is 0 Å². The van der Waals surface area contributed by atoms with Crippen molar-refractivity contribution in [2.24, 2.45) is 22.4 Å². The van der Waals surface area contributed by atoms with Crippen molar-refractivity contribution < 1.29 is 13.2 Å². The van der Waals surface area contributed by atoms with Crippen LogP contribution in [0.4, 0.5) is 18.9 Å². The van der Waals surface area contributed by atoms with Gasteiger partial charge in [-0.1, -0.05) is 6.07 Å². The average molecular weight is 453 g/mol. The molecule has 6 nitrogen and oxygen atoms in total. The number of benzene rings is 1. The van der Waals surface area contributed by atoms with Crippen LogP contribution in [0.1, 0.15) is 24.1 Å². The third-order valence-electron chi connectivity index (χ3n) is 6.49. The molecule has 2 aromatic heterocycles. The minimum absolute atomic E-state index is 0.0573. The minimum atomic E-state index is -4.31. The number of nitrogens with one attached hydrogen (secondary N) is 1. The van der Waals surface area contributed by atoms with Crippen molar-refractivity contribution >= 4 is 28.3 Å². The van der Waals surface area contributed by atoms with Gasteiger partial charge in [0.25, 0.3) is 5.56 Å². The monoisotopic (exact) mass is 453 g/mol. The zero-order valence-corrected chi connectivity index (χ0v) is 18.4. The molecule has 170 valence electrons. The lowest BCUT2D eigenvalue weighted by atomic mass is 9.99. The summed E-state index contributed by atoms with van der Waals surface area (Å²) >= 11 is 0. The van der Waals surface area contributed by atoms with E-state index in [4.69, 9.17) is 0 Å². The molecule has 0 unspecified atom stereocenters. The highest BCUT2D eigenvalue weighted by molar-refractivity contribution is 6.11. The molecule has 1 aromatic carbocycles. The van der Waals surface area contributed by atoms with Crippen molar-refractivity contribution in [3.05, 3.63) is 58.1 Å². The van der Waals surface area contributed by atoms with Gasteiger partial charge in [-0.3, -0.25) is 9.78 Å². The van der Waals surface area contributed by atoms with E-state index in [2.05, 4.69) is 20.3 Å². The van der Waals surface area contributed by atoms with Gasteiger partial charge in [0, 0.05) is 35.6 Å². The minimum Gasteiger partial charge on any atom is -0.324 e. The number of pyridine rings is 2. The number of alkyl halides is 3. The lowest BCUT2D eigenvalue weighted by molar-refractivity contribution is -0.165. The summed E-state index contributed by atoms with van der Waals surface area (Å²) < 4.78 is 41.8. The van der Waals surface area contributed by atoms with E-state index in [9.17, 15) is 18.0 Å². The third-order valence-corrected chi connectivity index (χ3v) is 6.49. The van der Waals surface area contributed by atoms with E-state index < -0.39 is 11.6 Å². The zero-order valence-electron chi connectivity index (χ0n) is 18.4. The number of guanidine groups is 1. The number of nitrogens with zero attached hydrogens (tertiary/aromatic N) is 4. The topological polar surface area (TPSA) is 71.6 Å². The van der Waals surface area contributed by atoms with E-state index in [-0.39, 0.29) is 36.6 Å². The highest BCUT2D eigenvalue weighted by Crippen LogP contribution is 2.59. The van der Waals surface area contributed by atoms with Gasteiger partial charge < -0.3 is 9.88 Å². The summed E-state index contributed by atoms with van der Waals surface area (Å²) in [4.78, 5) is 25.8. The second-order valence-corrected chi connectivity index (χ2v) is 8.74. The Bertz CT molecular complexity index is 1410. The smallest absolute Gasteiger partial charge is 0.324 e. The molecule has 0 spiro atoms. The molecule has 3 heterocycles. The number of aryl methyl sites for hydroxylation is 3. The molecule has 1 aliphatic heterocycles. The molecule has 1 saturated carbocycles. The highest BCUT2D eigenvalue weighted by Gasteiger charge is 2.66. The van der Waals surface area contributed by atoms with Crippen LogP contribution in [0.25, 0.3) is 22.0 Å². The SMILES string of the molecule is Cc1cc2c(cn1)cc(-c1cc(NC3=NCC(C4(C(F)(F)F)CC4)=N3)ccc1C)c(=O)n2C. The van der Waals surface area contributed by atoms with Gasteiger partial charge in [0.05, 0.1) is 17.8 Å². The number of aliphatic imine (C=N–C) groups is 2. The third kappa shape index (κ3) is 3.51. The van der Waals surface area contributed by atoms with Crippen LogP contribution in [0, 0.1) is 19.3 Å². The highest BCUT2D eigenvalue weighted by atomic mass is 19.4. The van der Waals surface area contributed by atoms with Crippen LogP contribution in [0.5, 0.6) is 0 Å². The van der Waals surface area contributed by atoms with Gasteiger partial charge in [-0.2, -0.15) is 13.2 Å². The van der Waals surface area contributed by atoms with Crippen LogP contribution in [-0.4, -0.2) is 33.9 Å². The number of hydrogen-bond donors (Lipinski definition) is 1. The Hall–Kier alpha value is -3.49. The molecule has 33 heavy (non-hydrogen) atoms. The molecule has 5 rings (SSSR count). The summed E-state index contributed by atoms with van der Waals surface area (Å²) in [7, 11) is 1.73. The molecule has 0 atom stereocenters. The first kappa shape index (κ1) is 21.4. The van der Waals surface area contributed by atoms with Crippen molar-refractivity contribution in [1.82, 2.24) is 9.55 Å². The Labute approximate surface area is 187 Å². The summed E-state index contributed by atoms with van der Waals surface area (Å²) in [6, 6.07) is 9.13. The molecule has 0 saturated heterocycles. The van der Waals surface area contributed by atoms with Crippen molar-refractivity contribution in [3.8, 4) is 11.1 Å². The number of rotatable bonds is 3. The largest absolute Gasteiger partial charge is 0.399 e. The normalized spacial score (nSPS) is 17.2. The molecule has 2 aliphatic rings. The number of aromatic nitrogens is 2. The van der Waals surface area contributed by atoms with Gasteiger partial charge in [-0.05, 0) is 62.1 Å². The molecular formula is C24H22F3N5O. The Morgan fingerprint density at radius 1 is 1.09 bits per heavy atom. The Kier molecular flexibility index (Phi) is 4.70. The number of fused-ring (bicyclic) bond motifs is 1. The van der Waals surface area contributed by atoms with Gasteiger partial charge in [-0.15, -0.1) is 0 Å². The van der Waals surface area contributed by atoms with E-state index in [0.717, 1.165) is 27.7 Å². The summed E-state index contributed by atoms with van der Waals surface area (Å²) in [5.74, 6) is 0.154. The predicted molar refractivity (Wildman–Crippen MR) is 123 cm³/mol. The van der Waals surface area contributed by atoms with Gasteiger partial charge in [0.15, 0.2) is 0 Å². The molecule has 1 aliphatic carbocycles. The van der Waals surface area contributed by atoms with Crippen LogP contribution < -0.4 is 10.9 Å². The maximum Gasteiger partial charge on any atom is 0.399 e.